The first kappa shape index (κ1) is 25.1. The lowest BCUT2D eigenvalue weighted by Gasteiger charge is -2.32. The number of benzene rings is 2. The number of hydrogen-bond donors (Lipinski definition) is 3. The van der Waals surface area contributed by atoms with Crippen LogP contribution >= 0.6 is 11.3 Å². The van der Waals surface area contributed by atoms with Gasteiger partial charge in [0.2, 0.25) is 11.8 Å². The minimum atomic E-state index is -0.334. The molecule has 0 saturated carbocycles. The average Bonchev–Trinajstić information content (AvgIpc) is 3.61. The minimum Gasteiger partial charge on any atom is -0.398 e. The monoisotopic (exact) mass is 520 g/mol. The van der Waals surface area contributed by atoms with Crippen LogP contribution in [0.15, 0.2) is 59.3 Å². The first-order valence-electron chi connectivity index (χ1n) is 12.6. The van der Waals surface area contributed by atoms with Gasteiger partial charge in [-0.25, -0.2) is 0 Å². The smallest absolute Gasteiger partial charge is 0.246 e. The number of carbonyl (C=O) groups is 2. The van der Waals surface area contributed by atoms with Crippen LogP contribution in [0.1, 0.15) is 38.4 Å². The van der Waals surface area contributed by atoms with Crippen molar-refractivity contribution in [3.63, 3.8) is 0 Å². The van der Waals surface area contributed by atoms with E-state index in [4.69, 9.17) is 11.1 Å². The molecule has 0 spiro atoms. The van der Waals surface area contributed by atoms with Gasteiger partial charge in [-0.15, -0.1) is 0 Å². The highest BCUT2D eigenvalue weighted by Crippen LogP contribution is 2.29. The first-order chi connectivity index (χ1) is 17.9. The van der Waals surface area contributed by atoms with Crippen molar-refractivity contribution in [1.82, 2.24) is 9.80 Å². The maximum Gasteiger partial charge on any atom is 0.246 e. The normalized spacial score (nSPS) is 17.6. The maximum absolute atomic E-state index is 13.4. The maximum atomic E-state index is 13.4. The Morgan fingerprint density at radius 2 is 1.84 bits per heavy atom. The van der Waals surface area contributed by atoms with Gasteiger partial charge in [0.1, 0.15) is 6.04 Å². The molecule has 9 heteroatoms. The Morgan fingerprint density at radius 3 is 2.51 bits per heavy atom. The molecule has 1 unspecified atom stereocenters. The van der Waals surface area contributed by atoms with E-state index in [2.05, 4.69) is 10.2 Å². The van der Waals surface area contributed by atoms with E-state index in [0.29, 0.717) is 35.6 Å². The van der Waals surface area contributed by atoms with Crippen LogP contribution in [0, 0.1) is 5.41 Å². The fourth-order valence-corrected chi connectivity index (χ4v) is 5.73. The van der Waals surface area contributed by atoms with Gasteiger partial charge >= 0.3 is 0 Å². The molecule has 37 heavy (non-hydrogen) atoms. The number of nitrogens with two attached hydrogens (primary N) is 1. The van der Waals surface area contributed by atoms with Gasteiger partial charge in [0, 0.05) is 44.1 Å². The predicted molar refractivity (Wildman–Crippen MR) is 154 cm³/mol. The molecule has 2 aliphatic rings. The second-order valence-corrected chi connectivity index (χ2v) is 10.5. The predicted octanol–water partition coefficient (Wildman–Crippen LogP) is 4.29. The van der Waals surface area contributed by atoms with Crippen LogP contribution in [-0.4, -0.2) is 67.1 Å². The van der Waals surface area contributed by atoms with E-state index in [1.807, 2.05) is 53.0 Å². The largest absolute Gasteiger partial charge is 0.398 e. The van der Waals surface area contributed by atoms with E-state index >= 15 is 0 Å². The molecule has 2 fully saturated rings. The van der Waals surface area contributed by atoms with E-state index in [1.54, 1.807) is 34.4 Å². The molecule has 0 aliphatic carbocycles. The standard InChI is InChI=1S/C28H32N6O2S.2H2/c1-32-13-14-34(25(35)17-32)22-7-4-19(5-8-22)26(30)23-16-21(6-9-24(23)29)31-28(36)27(20-10-15-37-18-20)33-11-2-3-12-33;;/h4-10,15-16,18,27,30H,2-3,11-14,17,29H2,1H3,(H,31,36);2*1H. The van der Waals surface area contributed by atoms with Crippen LogP contribution in [0.2, 0.25) is 0 Å². The fraction of sp³-hybridized carbons (Fsp3) is 0.321. The molecule has 2 saturated heterocycles. The summed E-state index contributed by atoms with van der Waals surface area (Å²) in [5.41, 5.74) is 10.7. The lowest BCUT2D eigenvalue weighted by Crippen LogP contribution is -2.48. The van der Waals surface area contributed by atoms with Crippen molar-refractivity contribution in [3.05, 3.63) is 76.0 Å². The van der Waals surface area contributed by atoms with E-state index in [9.17, 15) is 9.59 Å². The van der Waals surface area contributed by atoms with Crippen molar-refractivity contribution in [2.45, 2.75) is 18.9 Å². The summed E-state index contributed by atoms with van der Waals surface area (Å²) in [4.78, 5) is 31.8. The molecule has 0 bridgehead atoms. The molecule has 1 atom stereocenters. The van der Waals surface area contributed by atoms with Gasteiger partial charge in [-0.05, 0) is 85.7 Å². The molecule has 1 aromatic heterocycles. The summed E-state index contributed by atoms with van der Waals surface area (Å²) >= 11 is 1.59. The van der Waals surface area contributed by atoms with Gasteiger partial charge in [-0.2, -0.15) is 11.3 Å². The Kier molecular flexibility index (Phi) is 7.36. The number of carbonyl (C=O) groups excluding carboxylic acids is 2. The molecule has 4 N–H and O–H groups in total. The van der Waals surface area contributed by atoms with Crippen molar-refractivity contribution in [3.8, 4) is 0 Å². The summed E-state index contributed by atoms with van der Waals surface area (Å²) in [6.07, 6.45) is 2.19. The Hall–Kier alpha value is -3.53. The second kappa shape index (κ2) is 10.8. The zero-order chi connectivity index (χ0) is 25.9. The van der Waals surface area contributed by atoms with E-state index in [1.165, 1.54) is 0 Å². The number of thiophene rings is 1. The zero-order valence-electron chi connectivity index (χ0n) is 20.9. The van der Waals surface area contributed by atoms with Crippen LogP contribution in [0.4, 0.5) is 17.1 Å². The van der Waals surface area contributed by atoms with Crippen molar-refractivity contribution >= 4 is 45.9 Å². The highest BCUT2D eigenvalue weighted by Gasteiger charge is 2.30. The molecule has 5 rings (SSSR count). The molecular formula is C28H36N6O2S. The topological polar surface area (TPSA) is 106 Å². The molecule has 2 aromatic carbocycles. The first-order valence-corrected chi connectivity index (χ1v) is 13.5. The third-order valence-corrected chi connectivity index (χ3v) is 7.78. The summed E-state index contributed by atoms with van der Waals surface area (Å²) < 4.78 is 0. The third kappa shape index (κ3) is 5.44. The Balaban J connectivity index is 0.00000210. The van der Waals surface area contributed by atoms with Crippen molar-refractivity contribution in [1.29, 1.82) is 5.41 Å². The lowest BCUT2D eigenvalue weighted by molar-refractivity contribution is -0.121. The highest BCUT2D eigenvalue weighted by atomic mass is 32.1. The number of likely N-dealkylation sites (N-methyl/N-ethyl adjacent to an activating group) is 1. The van der Waals surface area contributed by atoms with Gasteiger partial charge in [0.15, 0.2) is 0 Å². The lowest BCUT2D eigenvalue weighted by atomic mass is 9.99. The fourth-order valence-electron chi connectivity index (χ4n) is 5.05. The van der Waals surface area contributed by atoms with Crippen LogP contribution in [0.3, 0.4) is 0 Å². The van der Waals surface area contributed by atoms with Gasteiger partial charge < -0.3 is 16.0 Å². The van der Waals surface area contributed by atoms with Crippen molar-refractivity contribution in [2.24, 2.45) is 0 Å². The summed E-state index contributed by atoms with van der Waals surface area (Å²) in [6.45, 7) is 3.67. The number of nitrogens with one attached hydrogen (secondary N) is 2. The number of anilines is 3. The Labute approximate surface area is 224 Å². The number of piperazine rings is 1. The molecule has 2 amide bonds. The summed E-state index contributed by atoms with van der Waals surface area (Å²) in [7, 11) is 1.94. The Morgan fingerprint density at radius 1 is 1.08 bits per heavy atom. The van der Waals surface area contributed by atoms with Crippen LogP contribution < -0.4 is 16.0 Å². The molecule has 3 heterocycles. The van der Waals surface area contributed by atoms with Crippen molar-refractivity contribution in [2.75, 3.05) is 55.7 Å². The van der Waals surface area contributed by atoms with Gasteiger partial charge in [-0.1, -0.05) is 12.1 Å². The molecule has 8 nitrogen and oxygen atoms in total. The number of amides is 2. The van der Waals surface area contributed by atoms with Crippen LogP contribution in [0.25, 0.3) is 0 Å². The highest BCUT2D eigenvalue weighted by molar-refractivity contribution is 7.08. The number of rotatable bonds is 7. The summed E-state index contributed by atoms with van der Waals surface area (Å²) in [6, 6.07) is 14.4. The number of likely N-dealkylation sites (tertiary alicyclic amines) is 1. The van der Waals surface area contributed by atoms with Crippen LogP contribution in [-0.2, 0) is 9.59 Å². The number of nitrogens with zero attached hydrogens (tertiary/aromatic N) is 3. The molecular weight excluding hydrogens is 484 g/mol. The van der Waals surface area contributed by atoms with E-state index in [0.717, 1.165) is 43.7 Å². The molecule has 2 aliphatic heterocycles. The van der Waals surface area contributed by atoms with Gasteiger partial charge in [0.05, 0.1) is 12.3 Å². The second-order valence-electron chi connectivity index (χ2n) is 9.70. The Bertz CT molecular complexity index is 1300. The number of hydrogen-bond acceptors (Lipinski definition) is 7. The SMILES string of the molecule is CN1CCN(c2ccc(C(=N)c3cc(NC(=O)C(c4ccsc4)N4CCCC4)ccc3N)cc2)C(=O)C1.[HH].[HH]. The zero-order valence-corrected chi connectivity index (χ0v) is 21.8. The van der Waals surface area contributed by atoms with Crippen molar-refractivity contribution < 1.29 is 12.4 Å². The molecule has 0 radical (unpaired) electrons. The van der Waals surface area contributed by atoms with Gasteiger partial charge in [0.25, 0.3) is 0 Å². The third-order valence-electron chi connectivity index (χ3n) is 7.08. The molecule has 3 aromatic rings. The van der Waals surface area contributed by atoms with Crippen LogP contribution in [0.5, 0.6) is 0 Å². The quantitative estimate of drug-likeness (QED) is 0.318. The summed E-state index contributed by atoms with van der Waals surface area (Å²) in [5, 5.41) is 15.9. The minimum absolute atomic E-state index is 0. The van der Waals surface area contributed by atoms with E-state index in [-0.39, 0.29) is 26.4 Å². The molecule has 196 valence electrons. The average molecular weight is 521 g/mol. The summed E-state index contributed by atoms with van der Waals surface area (Å²) in [5.74, 6) is -0.0114. The number of nitrogen functional groups attached to an aromatic ring is 1. The van der Waals surface area contributed by atoms with E-state index < -0.39 is 0 Å². The van der Waals surface area contributed by atoms with Gasteiger partial charge in [-0.3, -0.25) is 24.8 Å².